The lowest BCUT2D eigenvalue weighted by Gasteiger charge is -2.06. The number of rotatable bonds is 6. The van der Waals surface area contributed by atoms with Crippen molar-refractivity contribution in [3.63, 3.8) is 0 Å². The highest BCUT2D eigenvalue weighted by Crippen LogP contribution is 2.21. The number of thiophene rings is 1. The predicted molar refractivity (Wildman–Crippen MR) is 80.5 cm³/mol. The van der Waals surface area contributed by atoms with Crippen LogP contribution in [0, 0.1) is 0 Å². The second kappa shape index (κ2) is 6.88. The molecule has 2 N–H and O–H groups in total. The Hall–Kier alpha value is -1.11. The standard InChI is InChI=1S/C11H13Cl2N5S/c1-2-14-10-16-9(13)17-11(18-10)15-6-5-7-3-4-8(12)19-7/h3-4H,2,5-6H2,1H3,(H2,14,15,16,17,18). The first-order valence-electron chi connectivity index (χ1n) is 5.81. The van der Waals surface area contributed by atoms with Gasteiger partial charge in [0.2, 0.25) is 17.2 Å². The van der Waals surface area contributed by atoms with Gasteiger partial charge in [0.15, 0.2) is 0 Å². The molecule has 2 heterocycles. The van der Waals surface area contributed by atoms with Crippen LogP contribution in [-0.4, -0.2) is 28.0 Å². The van der Waals surface area contributed by atoms with Gasteiger partial charge in [0, 0.05) is 18.0 Å². The number of halogens is 2. The molecule has 0 saturated heterocycles. The molecule has 2 aromatic rings. The van der Waals surface area contributed by atoms with Crippen molar-refractivity contribution in [1.82, 2.24) is 15.0 Å². The number of hydrogen-bond donors (Lipinski definition) is 2. The predicted octanol–water partition coefficient (Wildman–Crippen LogP) is 3.33. The summed E-state index contributed by atoms with van der Waals surface area (Å²) in [6.45, 7) is 3.40. The number of anilines is 2. The Morgan fingerprint density at radius 1 is 1.11 bits per heavy atom. The van der Waals surface area contributed by atoms with Crippen LogP contribution in [-0.2, 0) is 6.42 Å². The lowest BCUT2D eigenvalue weighted by molar-refractivity contribution is 0.966. The summed E-state index contributed by atoms with van der Waals surface area (Å²) in [5.74, 6) is 0.947. The van der Waals surface area contributed by atoms with Gasteiger partial charge in [0.1, 0.15) is 0 Å². The van der Waals surface area contributed by atoms with Gasteiger partial charge in [-0.15, -0.1) is 11.3 Å². The van der Waals surface area contributed by atoms with Crippen LogP contribution in [0.5, 0.6) is 0 Å². The van der Waals surface area contributed by atoms with Crippen molar-refractivity contribution in [2.24, 2.45) is 0 Å². The average Bonchev–Trinajstić information content (AvgIpc) is 2.75. The molecule has 102 valence electrons. The molecular weight excluding hydrogens is 305 g/mol. The molecule has 5 nitrogen and oxygen atoms in total. The SMILES string of the molecule is CCNc1nc(Cl)nc(NCCc2ccc(Cl)s2)n1. The highest BCUT2D eigenvalue weighted by Gasteiger charge is 2.04. The molecule has 0 aliphatic carbocycles. The van der Waals surface area contributed by atoms with Crippen LogP contribution < -0.4 is 10.6 Å². The number of hydrogen-bond acceptors (Lipinski definition) is 6. The van der Waals surface area contributed by atoms with Crippen LogP contribution in [0.2, 0.25) is 9.62 Å². The maximum Gasteiger partial charge on any atom is 0.228 e. The molecule has 0 atom stereocenters. The molecule has 8 heteroatoms. The van der Waals surface area contributed by atoms with Gasteiger partial charge in [-0.1, -0.05) is 11.6 Å². The molecule has 0 aromatic carbocycles. The summed E-state index contributed by atoms with van der Waals surface area (Å²) >= 11 is 13.3. The summed E-state index contributed by atoms with van der Waals surface area (Å²) < 4.78 is 0.799. The number of nitrogens with zero attached hydrogens (tertiary/aromatic N) is 3. The molecule has 0 spiro atoms. The van der Waals surface area contributed by atoms with Crippen LogP contribution in [0.15, 0.2) is 12.1 Å². The first-order valence-corrected chi connectivity index (χ1v) is 7.38. The minimum Gasteiger partial charge on any atom is -0.354 e. The van der Waals surface area contributed by atoms with E-state index in [1.54, 1.807) is 11.3 Å². The van der Waals surface area contributed by atoms with Gasteiger partial charge in [-0.25, -0.2) is 0 Å². The smallest absolute Gasteiger partial charge is 0.228 e. The molecular formula is C11H13Cl2N5S. The van der Waals surface area contributed by atoms with Crippen molar-refractivity contribution < 1.29 is 0 Å². The van der Waals surface area contributed by atoms with Gasteiger partial charge in [0.25, 0.3) is 0 Å². The lowest BCUT2D eigenvalue weighted by Crippen LogP contribution is -2.10. The van der Waals surface area contributed by atoms with Crippen LogP contribution >= 0.6 is 34.5 Å². The van der Waals surface area contributed by atoms with Gasteiger partial charge >= 0.3 is 0 Å². The largest absolute Gasteiger partial charge is 0.354 e. The summed E-state index contributed by atoms with van der Waals surface area (Å²) in [4.78, 5) is 13.4. The zero-order valence-corrected chi connectivity index (χ0v) is 12.6. The molecule has 2 aromatic heterocycles. The van der Waals surface area contributed by atoms with Crippen molar-refractivity contribution in [3.05, 3.63) is 26.6 Å². The zero-order valence-electron chi connectivity index (χ0n) is 10.3. The minimum absolute atomic E-state index is 0.174. The van der Waals surface area contributed by atoms with E-state index in [1.165, 1.54) is 4.88 Å². The third-order valence-electron chi connectivity index (χ3n) is 2.23. The van der Waals surface area contributed by atoms with E-state index in [-0.39, 0.29) is 5.28 Å². The van der Waals surface area contributed by atoms with Crippen LogP contribution in [0.4, 0.5) is 11.9 Å². The Morgan fingerprint density at radius 3 is 2.47 bits per heavy atom. The third-order valence-corrected chi connectivity index (χ3v) is 3.69. The summed E-state index contributed by atoms with van der Waals surface area (Å²) in [5.41, 5.74) is 0. The average molecular weight is 318 g/mol. The number of aromatic nitrogens is 3. The fraction of sp³-hybridized carbons (Fsp3) is 0.364. The molecule has 0 aliphatic rings. The molecule has 19 heavy (non-hydrogen) atoms. The van der Waals surface area contributed by atoms with E-state index in [9.17, 15) is 0 Å². The fourth-order valence-corrected chi connectivity index (χ4v) is 2.70. The van der Waals surface area contributed by atoms with Crippen LogP contribution in [0.3, 0.4) is 0 Å². The van der Waals surface area contributed by atoms with E-state index in [0.29, 0.717) is 18.4 Å². The van der Waals surface area contributed by atoms with Crippen molar-refractivity contribution in [2.45, 2.75) is 13.3 Å². The van der Waals surface area contributed by atoms with E-state index in [0.717, 1.165) is 17.3 Å². The summed E-state index contributed by atoms with van der Waals surface area (Å²) in [5, 5.41) is 6.29. The van der Waals surface area contributed by atoms with Gasteiger partial charge in [-0.2, -0.15) is 15.0 Å². The molecule has 0 bridgehead atoms. The van der Waals surface area contributed by atoms with E-state index < -0.39 is 0 Å². The van der Waals surface area contributed by atoms with E-state index >= 15 is 0 Å². The van der Waals surface area contributed by atoms with Gasteiger partial charge in [-0.3, -0.25) is 0 Å². The highest BCUT2D eigenvalue weighted by atomic mass is 35.5. The van der Waals surface area contributed by atoms with Crippen molar-refractivity contribution in [3.8, 4) is 0 Å². The van der Waals surface area contributed by atoms with Crippen molar-refractivity contribution >= 4 is 46.4 Å². The monoisotopic (exact) mass is 317 g/mol. The van der Waals surface area contributed by atoms with Crippen LogP contribution in [0.25, 0.3) is 0 Å². The first kappa shape index (κ1) is 14.3. The van der Waals surface area contributed by atoms with E-state index in [1.807, 2.05) is 19.1 Å². The Morgan fingerprint density at radius 2 is 1.84 bits per heavy atom. The Kier molecular flexibility index (Phi) is 5.18. The van der Waals surface area contributed by atoms with Gasteiger partial charge in [0.05, 0.1) is 4.34 Å². The Labute approximate surface area is 125 Å². The van der Waals surface area contributed by atoms with Gasteiger partial charge < -0.3 is 10.6 Å². The highest BCUT2D eigenvalue weighted by molar-refractivity contribution is 7.16. The molecule has 0 saturated carbocycles. The van der Waals surface area contributed by atoms with Crippen molar-refractivity contribution in [1.29, 1.82) is 0 Å². The second-order valence-corrected chi connectivity index (χ2v) is 5.80. The number of nitrogens with one attached hydrogen (secondary N) is 2. The normalized spacial score (nSPS) is 10.5. The summed E-state index contributed by atoms with van der Waals surface area (Å²) in [6, 6.07) is 3.91. The molecule has 0 fully saturated rings. The molecule has 0 radical (unpaired) electrons. The quantitative estimate of drug-likeness (QED) is 0.855. The summed E-state index contributed by atoms with van der Waals surface area (Å²) in [6.07, 6.45) is 0.858. The first-order chi connectivity index (χ1) is 9.17. The minimum atomic E-state index is 0.174. The maximum atomic E-state index is 5.87. The molecule has 2 rings (SSSR count). The van der Waals surface area contributed by atoms with E-state index in [2.05, 4.69) is 25.6 Å². The Bertz CT molecular complexity index is 546. The molecule has 0 aliphatic heterocycles. The van der Waals surface area contributed by atoms with Gasteiger partial charge in [-0.05, 0) is 37.1 Å². The van der Waals surface area contributed by atoms with E-state index in [4.69, 9.17) is 23.2 Å². The second-order valence-electron chi connectivity index (χ2n) is 3.66. The lowest BCUT2D eigenvalue weighted by atomic mass is 10.3. The molecule has 0 amide bonds. The maximum absolute atomic E-state index is 5.87. The summed E-state index contributed by atoms with van der Waals surface area (Å²) in [7, 11) is 0. The van der Waals surface area contributed by atoms with Crippen LogP contribution in [0.1, 0.15) is 11.8 Å². The fourth-order valence-electron chi connectivity index (χ4n) is 1.45. The topological polar surface area (TPSA) is 62.7 Å². The van der Waals surface area contributed by atoms with Crippen molar-refractivity contribution in [2.75, 3.05) is 23.7 Å². The molecule has 0 unspecified atom stereocenters. The third kappa shape index (κ3) is 4.49. The zero-order chi connectivity index (χ0) is 13.7. The Balaban J connectivity index is 1.91.